The van der Waals surface area contributed by atoms with Gasteiger partial charge < -0.3 is 4.74 Å². The van der Waals surface area contributed by atoms with E-state index < -0.39 is 6.43 Å². The summed E-state index contributed by atoms with van der Waals surface area (Å²) in [5.41, 5.74) is 2.65. The van der Waals surface area contributed by atoms with Gasteiger partial charge in [0.05, 0.1) is 11.4 Å². The van der Waals surface area contributed by atoms with E-state index in [1.165, 1.54) is 12.1 Å². The van der Waals surface area contributed by atoms with Crippen LogP contribution in [0.3, 0.4) is 0 Å². The van der Waals surface area contributed by atoms with Crippen LogP contribution in [0.5, 0.6) is 5.88 Å². The van der Waals surface area contributed by atoms with E-state index in [2.05, 4.69) is 20.5 Å². The molecule has 0 aliphatic heterocycles. The maximum absolute atomic E-state index is 12.7. The normalized spacial score (nSPS) is 11.1. The molecule has 6 nitrogen and oxygen atoms in total. The maximum Gasteiger partial charge on any atom is 0.263 e. The van der Waals surface area contributed by atoms with Gasteiger partial charge in [-0.2, -0.15) is 0 Å². The van der Waals surface area contributed by atoms with Gasteiger partial charge in [-0.05, 0) is 31.5 Å². The number of halogens is 3. The van der Waals surface area contributed by atoms with Crippen molar-refractivity contribution in [2.75, 3.05) is 0 Å². The average molecular weight is 366 g/mol. The molecule has 0 N–H and O–H groups in total. The van der Waals surface area contributed by atoms with Gasteiger partial charge >= 0.3 is 0 Å². The van der Waals surface area contributed by atoms with Crippen molar-refractivity contribution in [3.63, 3.8) is 0 Å². The van der Waals surface area contributed by atoms with Crippen LogP contribution >= 0.6 is 11.6 Å². The molecule has 3 aromatic rings. The second-order valence-corrected chi connectivity index (χ2v) is 5.73. The summed E-state index contributed by atoms with van der Waals surface area (Å²) in [7, 11) is 0. The van der Waals surface area contributed by atoms with E-state index in [0.717, 1.165) is 5.56 Å². The Morgan fingerprint density at radius 2 is 1.84 bits per heavy atom. The van der Waals surface area contributed by atoms with E-state index >= 15 is 0 Å². The Morgan fingerprint density at radius 1 is 1.12 bits per heavy atom. The lowest BCUT2D eigenvalue weighted by molar-refractivity contribution is 0.151. The molecule has 0 aliphatic carbocycles. The van der Waals surface area contributed by atoms with Crippen molar-refractivity contribution in [2.45, 2.75) is 26.9 Å². The van der Waals surface area contributed by atoms with Crippen LogP contribution in [0.1, 0.15) is 28.9 Å². The fraction of sp³-hybridized carbons (Fsp3) is 0.250. The number of benzene rings is 1. The highest BCUT2D eigenvalue weighted by Crippen LogP contribution is 2.22. The predicted molar refractivity (Wildman–Crippen MR) is 87.2 cm³/mol. The van der Waals surface area contributed by atoms with Crippen molar-refractivity contribution >= 4 is 11.6 Å². The molecular formula is C16H14ClF2N5O. The van der Waals surface area contributed by atoms with Crippen LogP contribution in [0, 0.1) is 13.8 Å². The van der Waals surface area contributed by atoms with E-state index in [1.807, 2.05) is 0 Å². The second kappa shape index (κ2) is 7.10. The summed E-state index contributed by atoms with van der Waals surface area (Å²) in [6.07, 6.45) is -2.51. The summed E-state index contributed by atoms with van der Waals surface area (Å²) in [6.45, 7) is 3.73. The molecule has 0 radical (unpaired) electrons. The number of alkyl halides is 2. The minimum absolute atomic E-state index is 0.0506. The lowest BCUT2D eigenvalue weighted by Crippen LogP contribution is -2.08. The molecule has 0 bridgehead atoms. The van der Waals surface area contributed by atoms with Gasteiger partial charge in [0.1, 0.15) is 12.3 Å². The number of aryl methyl sites for hydroxylation is 2. The SMILES string of the molecule is Cc1cc(OCc2c(C)nnn2-c2ccc(C(F)F)cc2)nnc1Cl. The van der Waals surface area contributed by atoms with Crippen molar-refractivity contribution in [3.8, 4) is 11.6 Å². The van der Waals surface area contributed by atoms with Crippen LogP contribution in [0.15, 0.2) is 30.3 Å². The van der Waals surface area contributed by atoms with Crippen molar-refractivity contribution in [1.82, 2.24) is 25.2 Å². The van der Waals surface area contributed by atoms with Crippen molar-refractivity contribution in [3.05, 3.63) is 58.0 Å². The zero-order valence-corrected chi connectivity index (χ0v) is 14.2. The van der Waals surface area contributed by atoms with Gasteiger partial charge in [-0.15, -0.1) is 15.3 Å². The predicted octanol–water partition coefficient (Wildman–Crippen LogP) is 3.84. The van der Waals surface area contributed by atoms with Crippen LogP contribution in [0.4, 0.5) is 8.78 Å². The Balaban J connectivity index is 1.82. The van der Waals surface area contributed by atoms with E-state index in [9.17, 15) is 8.78 Å². The first-order valence-electron chi connectivity index (χ1n) is 7.38. The highest BCUT2D eigenvalue weighted by atomic mass is 35.5. The molecule has 25 heavy (non-hydrogen) atoms. The number of hydrogen-bond acceptors (Lipinski definition) is 5. The number of hydrogen-bond donors (Lipinski definition) is 0. The first kappa shape index (κ1) is 17.2. The molecule has 3 rings (SSSR count). The van der Waals surface area contributed by atoms with Gasteiger partial charge in [-0.25, -0.2) is 13.5 Å². The fourth-order valence-corrected chi connectivity index (χ4v) is 2.26. The molecule has 0 aliphatic rings. The maximum atomic E-state index is 12.7. The van der Waals surface area contributed by atoms with Crippen LogP contribution in [-0.2, 0) is 6.61 Å². The van der Waals surface area contributed by atoms with Gasteiger partial charge in [0.2, 0.25) is 5.88 Å². The summed E-state index contributed by atoms with van der Waals surface area (Å²) in [4.78, 5) is 0. The molecule has 0 saturated carbocycles. The molecule has 1 aromatic carbocycles. The Morgan fingerprint density at radius 3 is 2.48 bits per heavy atom. The number of nitrogens with zero attached hydrogens (tertiary/aromatic N) is 5. The second-order valence-electron chi connectivity index (χ2n) is 5.37. The molecule has 2 heterocycles. The van der Waals surface area contributed by atoms with Crippen LogP contribution in [-0.4, -0.2) is 25.2 Å². The molecule has 0 atom stereocenters. The average Bonchev–Trinajstić information content (AvgIpc) is 2.97. The largest absolute Gasteiger partial charge is 0.470 e. The summed E-state index contributed by atoms with van der Waals surface area (Å²) in [5.74, 6) is 0.321. The third-order valence-corrected chi connectivity index (χ3v) is 3.98. The minimum Gasteiger partial charge on any atom is -0.470 e. The fourth-order valence-electron chi connectivity index (χ4n) is 2.17. The number of aromatic nitrogens is 5. The lowest BCUT2D eigenvalue weighted by atomic mass is 10.2. The van der Waals surface area contributed by atoms with Gasteiger partial charge in [0.25, 0.3) is 6.43 Å². The van der Waals surface area contributed by atoms with Crippen LogP contribution < -0.4 is 4.74 Å². The first-order chi connectivity index (χ1) is 12.0. The third-order valence-electron chi connectivity index (χ3n) is 3.61. The monoisotopic (exact) mass is 365 g/mol. The summed E-state index contributed by atoms with van der Waals surface area (Å²) in [5, 5.41) is 16.0. The van der Waals surface area contributed by atoms with Crippen molar-refractivity contribution < 1.29 is 13.5 Å². The molecular weight excluding hydrogens is 352 g/mol. The van der Waals surface area contributed by atoms with E-state index in [1.54, 1.807) is 36.7 Å². The minimum atomic E-state index is -2.51. The third kappa shape index (κ3) is 3.74. The molecule has 0 fully saturated rings. The summed E-state index contributed by atoms with van der Waals surface area (Å²) < 4.78 is 32.5. The van der Waals surface area contributed by atoms with Gasteiger partial charge in [-0.3, -0.25) is 0 Å². The van der Waals surface area contributed by atoms with Gasteiger partial charge in [-0.1, -0.05) is 28.9 Å². The molecule has 130 valence electrons. The van der Waals surface area contributed by atoms with Crippen molar-refractivity contribution in [2.24, 2.45) is 0 Å². The topological polar surface area (TPSA) is 65.7 Å². The number of ether oxygens (including phenoxy) is 1. The number of rotatable bonds is 5. The lowest BCUT2D eigenvalue weighted by Gasteiger charge is -2.09. The molecule has 2 aromatic heterocycles. The Labute approximate surface area is 147 Å². The summed E-state index contributed by atoms with van der Waals surface area (Å²) in [6, 6.07) is 7.51. The standard InChI is InChI=1S/C16H14ClF2N5O/c1-9-7-14(21-22-15(9)17)25-8-13-10(2)20-23-24(13)12-5-3-11(4-6-12)16(18)19/h3-7,16H,8H2,1-2H3. The van der Waals surface area contributed by atoms with Gasteiger partial charge in [0.15, 0.2) is 5.15 Å². The van der Waals surface area contributed by atoms with Gasteiger partial charge in [0, 0.05) is 11.6 Å². The zero-order valence-electron chi connectivity index (χ0n) is 13.4. The van der Waals surface area contributed by atoms with Crippen LogP contribution in [0.2, 0.25) is 5.15 Å². The van der Waals surface area contributed by atoms with Crippen LogP contribution in [0.25, 0.3) is 5.69 Å². The molecule has 0 spiro atoms. The Bertz CT molecular complexity index is 883. The quantitative estimate of drug-likeness (QED) is 0.687. The highest BCUT2D eigenvalue weighted by molar-refractivity contribution is 6.30. The van der Waals surface area contributed by atoms with E-state index in [-0.39, 0.29) is 12.2 Å². The van der Waals surface area contributed by atoms with E-state index in [0.29, 0.717) is 28.1 Å². The molecule has 0 amide bonds. The first-order valence-corrected chi connectivity index (χ1v) is 7.76. The Kier molecular flexibility index (Phi) is 4.89. The molecule has 0 unspecified atom stereocenters. The highest BCUT2D eigenvalue weighted by Gasteiger charge is 2.14. The van der Waals surface area contributed by atoms with E-state index in [4.69, 9.17) is 16.3 Å². The zero-order chi connectivity index (χ0) is 18.0. The molecule has 9 heteroatoms. The Hall–Kier alpha value is -2.61. The van der Waals surface area contributed by atoms with Crippen molar-refractivity contribution in [1.29, 1.82) is 0 Å². The molecule has 0 saturated heterocycles. The summed E-state index contributed by atoms with van der Waals surface area (Å²) >= 11 is 5.84. The smallest absolute Gasteiger partial charge is 0.263 e.